The van der Waals surface area contributed by atoms with Crippen LogP contribution in [-0.4, -0.2) is 265 Å². The lowest BCUT2D eigenvalue weighted by Crippen LogP contribution is -2.56. The highest BCUT2D eigenvalue weighted by Crippen LogP contribution is 2.46. The number of hydrogen-bond donors (Lipinski definition) is 1. The molecular weight excluding hydrogens is 1640 g/mol. The highest BCUT2D eigenvalue weighted by Gasteiger charge is 2.42. The van der Waals surface area contributed by atoms with Crippen LogP contribution in [0.5, 0.6) is 23.8 Å². The summed E-state index contributed by atoms with van der Waals surface area (Å²) in [6.07, 6.45) is 9.35. The predicted octanol–water partition coefficient (Wildman–Crippen LogP) is 10.9. The Morgan fingerprint density at radius 1 is 0.520 bits per heavy atom. The molecule has 3 aromatic heterocycles. The number of nitriles is 3. The van der Waals surface area contributed by atoms with Crippen LogP contribution in [0, 0.1) is 34.0 Å². The first kappa shape index (κ1) is 84.1. The van der Waals surface area contributed by atoms with E-state index >= 15 is 0 Å². The number of anilines is 6. The second-order valence-electron chi connectivity index (χ2n) is 34.9. The highest BCUT2D eigenvalue weighted by atomic mass is 79.9. The van der Waals surface area contributed by atoms with Gasteiger partial charge in [-0.3, -0.25) is 24.3 Å². The summed E-state index contributed by atoms with van der Waals surface area (Å²) in [7, 11) is 8.21. The van der Waals surface area contributed by atoms with Crippen LogP contribution in [0.4, 0.5) is 34.5 Å². The quantitative estimate of drug-likeness (QED) is 0.0434. The fraction of sp³-hybridized carbons (Fsp3) is 0.448. The Morgan fingerprint density at radius 3 is 1.58 bits per heavy atom. The van der Waals surface area contributed by atoms with Crippen molar-refractivity contribution in [2.75, 3.05) is 176 Å². The number of aliphatic hydroxyl groups excluding tert-OH is 1. The van der Waals surface area contributed by atoms with E-state index in [9.17, 15) is 30.5 Å². The topological polar surface area (TPSA) is 279 Å². The Morgan fingerprint density at radius 2 is 1.03 bits per heavy atom. The Hall–Kier alpha value is -11.8. The summed E-state index contributed by atoms with van der Waals surface area (Å²) in [6, 6.07) is 44.1. The van der Waals surface area contributed by atoms with E-state index in [-0.39, 0.29) is 72.7 Å². The smallest absolute Gasteiger partial charge is 0.318 e. The van der Waals surface area contributed by atoms with Gasteiger partial charge in [-0.05, 0) is 160 Å². The lowest BCUT2D eigenvalue weighted by atomic mass is 9.92. The van der Waals surface area contributed by atoms with Crippen LogP contribution in [0.3, 0.4) is 0 Å². The van der Waals surface area contributed by atoms with Crippen molar-refractivity contribution in [2.24, 2.45) is 0 Å². The van der Waals surface area contributed by atoms with Gasteiger partial charge in [-0.1, -0.05) is 108 Å². The van der Waals surface area contributed by atoms with Gasteiger partial charge in [0.2, 0.25) is 11.8 Å². The van der Waals surface area contributed by atoms with Gasteiger partial charge in [0.1, 0.15) is 55.3 Å². The first-order chi connectivity index (χ1) is 60.9. The van der Waals surface area contributed by atoms with Crippen LogP contribution in [-0.2, 0) is 48.5 Å². The summed E-state index contributed by atoms with van der Waals surface area (Å²) in [5.41, 5.74) is 11.4. The molecule has 6 aromatic carbocycles. The summed E-state index contributed by atoms with van der Waals surface area (Å²) in [5, 5.41) is 48.7. The average Bonchev–Trinajstić information content (AvgIpc) is 1.62. The van der Waals surface area contributed by atoms with E-state index in [2.05, 4.69) is 216 Å². The van der Waals surface area contributed by atoms with Crippen molar-refractivity contribution >= 4 is 94.6 Å². The van der Waals surface area contributed by atoms with Crippen LogP contribution in [0.1, 0.15) is 95.3 Å². The second kappa shape index (κ2) is 36.4. The van der Waals surface area contributed by atoms with Gasteiger partial charge in [0.25, 0.3) is 0 Å². The molecule has 9 atom stereocenters. The number of methoxy groups -OCH3 is 1. The average molecular weight is 1750 g/mol. The molecule has 0 spiro atoms. The molecule has 0 bridgehead atoms. The predicted molar refractivity (Wildman–Crippen MR) is 487 cm³/mol. The standard InChI is InChI=1S/C96H108BrN21O7/c1-8-86(119)113-37-42-118(73(49-100)54-113)93-77-30-35-111(83-47-64(43-62-17-11-12-22-74(62)83)66-45-71(108(5)50-66)59-124-95-101-79-55-110(82-24-14-19-61-18-13-23-78(97)89(61)82)34-28-75(79)91(105-95)114-38-40-116(87(120)9-2)68(52-114)26-31-98)56-81(77)103-96(106-93)125-60-72-46-67(51-109(72)6)65-44-63-20-15-25-85(122-7)90(63)84(48-65)112-36-29-76-80(57-112)102-94(123-58-70-21-16-33-107(70)4)104-92(76)115-39-41-117(88(121)10-3)69(53-115)27-32-99/h8-15,17-20,22-25,43-44,47-48,66-73,86,119H,1-3,16,21,26-30,33-42,45-46,50-60H2,4-7H3/t66?,67?,68-,69-,70-,71-,72-,73-,86?/m0/s1. The summed E-state index contributed by atoms with van der Waals surface area (Å²) in [6.45, 7) is 22.7. The summed E-state index contributed by atoms with van der Waals surface area (Å²) >= 11 is 3.87. The molecule has 2 amide bonds. The van der Waals surface area contributed by atoms with Crippen molar-refractivity contribution in [3.05, 3.63) is 190 Å². The first-order valence-corrected chi connectivity index (χ1v) is 44.8. The number of nitrogens with zero attached hydrogens (tertiary/aromatic N) is 21. The maximum Gasteiger partial charge on any atom is 0.318 e. The molecular formula is C96H108BrN21O7. The molecule has 18 rings (SSSR count). The number of likely N-dealkylation sites (N-methyl/N-ethyl adjacent to an activating group) is 3. The van der Waals surface area contributed by atoms with Crippen molar-refractivity contribution in [2.45, 2.75) is 132 Å². The lowest BCUT2D eigenvalue weighted by molar-refractivity contribution is -0.129. The number of amides is 2. The number of fused-ring (bicyclic) bond motifs is 6. The van der Waals surface area contributed by atoms with E-state index in [0.29, 0.717) is 149 Å². The molecule has 3 unspecified atom stereocenters. The number of rotatable bonds is 24. The molecule has 9 aliphatic rings. The van der Waals surface area contributed by atoms with E-state index in [1.54, 1.807) is 16.9 Å². The minimum Gasteiger partial charge on any atom is -0.496 e. The van der Waals surface area contributed by atoms with Crippen LogP contribution < -0.4 is 48.3 Å². The highest BCUT2D eigenvalue weighted by molar-refractivity contribution is 9.10. The number of halogens is 1. The van der Waals surface area contributed by atoms with Gasteiger partial charge in [-0.15, -0.1) is 0 Å². The number of benzene rings is 6. The molecule has 125 heavy (non-hydrogen) atoms. The van der Waals surface area contributed by atoms with Crippen molar-refractivity contribution in [1.82, 2.24) is 59.3 Å². The Bertz CT molecular complexity index is 5770. The monoisotopic (exact) mass is 1750 g/mol. The maximum atomic E-state index is 13.1. The molecule has 9 aliphatic heterocycles. The minimum absolute atomic E-state index is 0.0149. The van der Waals surface area contributed by atoms with E-state index in [1.165, 1.54) is 29.4 Å². The van der Waals surface area contributed by atoms with E-state index in [0.717, 1.165) is 157 Å². The van der Waals surface area contributed by atoms with E-state index in [4.69, 9.17) is 48.9 Å². The third-order valence-corrected chi connectivity index (χ3v) is 28.4. The first-order valence-electron chi connectivity index (χ1n) is 44.0. The molecule has 646 valence electrons. The minimum atomic E-state index is -0.898. The summed E-state index contributed by atoms with van der Waals surface area (Å²) in [5.74, 6) is 2.98. The molecule has 6 saturated heterocycles. The zero-order chi connectivity index (χ0) is 86.3. The molecule has 9 aromatic rings. The van der Waals surface area contributed by atoms with Crippen LogP contribution in [0.15, 0.2) is 146 Å². The molecule has 0 saturated carbocycles. The van der Waals surface area contributed by atoms with Crippen LogP contribution >= 0.6 is 15.9 Å². The fourth-order valence-electron chi connectivity index (χ4n) is 20.9. The normalized spacial score (nSPS) is 22.8. The molecule has 6 fully saturated rings. The third-order valence-electron chi connectivity index (χ3n) is 27.7. The number of aromatic nitrogens is 6. The molecule has 1 N–H and O–H groups in total. The van der Waals surface area contributed by atoms with Gasteiger partial charge < -0.3 is 68.2 Å². The SMILES string of the molecule is C=CC(=O)N1CCN(c2nc(OC[C@@H]3CC(c4cc(N5CCc6c(nc(OC[C@@H]7CC(c8cc(N9CCc%10c(nc(OC[C@@H]%11CCCN%11C)nc%10N%10CCN(C(=O)C=C)[C@@H](CC#N)C%10)C9)c9c(OC)cccc9c8)CN7C)nc6N6CCN(C(O)C=C)C[C@@H]6C#N)C5)c5ccccc5c4)CN3C)nc3c2CCN(c2cccc4cccc(Br)c24)C3)C[C@@H]1CC#N. The molecule has 12 heterocycles. The lowest BCUT2D eigenvalue weighted by Gasteiger charge is -2.42. The Kier molecular flexibility index (Phi) is 24.5. The maximum absolute atomic E-state index is 13.1. The van der Waals surface area contributed by atoms with Crippen LogP contribution in [0.2, 0.25) is 0 Å². The number of ether oxygens (including phenoxy) is 4. The van der Waals surface area contributed by atoms with Gasteiger partial charge in [-0.2, -0.15) is 45.7 Å². The van der Waals surface area contributed by atoms with Crippen molar-refractivity contribution in [3.8, 4) is 42.0 Å². The van der Waals surface area contributed by atoms with Gasteiger partial charge in [-0.25, -0.2) is 0 Å². The molecule has 29 heteroatoms. The molecule has 0 aliphatic carbocycles. The summed E-state index contributed by atoms with van der Waals surface area (Å²) < 4.78 is 27.7. The Labute approximate surface area is 738 Å². The van der Waals surface area contributed by atoms with Gasteiger partial charge in [0.05, 0.1) is 87.0 Å². The van der Waals surface area contributed by atoms with Crippen LogP contribution in [0.25, 0.3) is 32.3 Å². The third kappa shape index (κ3) is 16.9. The number of carbonyl (C=O) groups is 2. The number of aliphatic hydroxyl groups is 1. The van der Waals surface area contributed by atoms with Gasteiger partial charge in [0, 0.05) is 164 Å². The van der Waals surface area contributed by atoms with Crippen molar-refractivity contribution in [3.63, 3.8) is 0 Å². The zero-order valence-electron chi connectivity index (χ0n) is 71.7. The van der Waals surface area contributed by atoms with Gasteiger partial charge in [0.15, 0.2) is 0 Å². The largest absolute Gasteiger partial charge is 0.496 e. The van der Waals surface area contributed by atoms with E-state index < -0.39 is 12.3 Å². The number of hydrogen-bond acceptors (Lipinski definition) is 26. The van der Waals surface area contributed by atoms with Gasteiger partial charge >= 0.3 is 18.0 Å². The molecule has 0 radical (unpaired) electrons. The number of piperazine rings is 3. The zero-order valence-corrected chi connectivity index (χ0v) is 73.3. The van der Waals surface area contributed by atoms with Crippen molar-refractivity contribution in [1.29, 1.82) is 15.8 Å². The van der Waals surface area contributed by atoms with E-state index in [1.807, 2.05) is 11.0 Å². The second-order valence-corrected chi connectivity index (χ2v) is 35.7. The number of carbonyl (C=O) groups excluding carboxylic acids is 2. The molecule has 28 nitrogen and oxygen atoms in total. The Balaban J connectivity index is 0.603. The summed E-state index contributed by atoms with van der Waals surface area (Å²) in [4.78, 5) is 84.2. The van der Waals surface area contributed by atoms with Crippen molar-refractivity contribution < 1.29 is 33.6 Å². The number of likely N-dealkylation sites (tertiary alicyclic amines) is 3. The fourth-order valence-corrected chi connectivity index (χ4v) is 21.5.